The molecule has 0 saturated carbocycles. The maximum atomic E-state index is 12.4. The van der Waals surface area contributed by atoms with E-state index in [1.807, 2.05) is 30.3 Å². The molecule has 2 rings (SSSR count). The molecule has 0 aliphatic heterocycles. The van der Waals surface area contributed by atoms with Crippen molar-refractivity contribution in [1.29, 1.82) is 0 Å². The van der Waals surface area contributed by atoms with E-state index in [0.29, 0.717) is 16.3 Å². The van der Waals surface area contributed by atoms with Crippen molar-refractivity contribution in [1.82, 2.24) is 0 Å². The second-order valence-electron chi connectivity index (χ2n) is 4.03. The normalized spacial score (nSPS) is 10.1. The lowest BCUT2D eigenvalue weighted by Crippen LogP contribution is -2.27. The van der Waals surface area contributed by atoms with Gasteiger partial charge in [-0.25, -0.2) is 0 Å². The molecule has 0 heterocycles. The van der Waals surface area contributed by atoms with E-state index in [9.17, 15) is 4.79 Å². The molecule has 2 aromatic rings. The van der Waals surface area contributed by atoms with Gasteiger partial charge in [-0.15, -0.1) is 0 Å². The predicted octanol–water partition coefficient (Wildman–Crippen LogP) is 2.90. The number of para-hydroxylation sites is 1. The molecule has 0 bridgehead atoms. The van der Waals surface area contributed by atoms with Gasteiger partial charge in [0.25, 0.3) is 5.91 Å². The largest absolute Gasteiger partial charge is 0.323 e. The minimum atomic E-state index is -0.179. The Bertz CT molecular complexity index is 586. The molecule has 0 spiro atoms. The number of rotatable bonds is 3. The molecule has 0 unspecified atom stereocenters. The summed E-state index contributed by atoms with van der Waals surface area (Å²) >= 11 is 5.93. The summed E-state index contributed by atoms with van der Waals surface area (Å²) < 4.78 is 0. The Morgan fingerprint density at radius 1 is 1.21 bits per heavy atom. The van der Waals surface area contributed by atoms with Gasteiger partial charge in [0.05, 0.1) is 11.3 Å². The lowest BCUT2D eigenvalue weighted by molar-refractivity contribution is 0.0993. The van der Waals surface area contributed by atoms with Crippen LogP contribution in [0.3, 0.4) is 0 Å². The van der Waals surface area contributed by atoms with Crippen LogP contribution in [0.5, 0.6) is 0 Å². The maximum absolute atomic E-state index is 12.4. The lowest BCUT2D eigenvalue weighted by atomic mass is 10.1. The first-order chi connectivity index (χ1) is 9.13. The quantitative estimate of drug-likeness (QED) is 0.669. The average molecular weight is 276 g/mol. The first-order valence-electron chi connectivity index (χ1n) is 5.72. The third-order valence-corrected chi connectivity index (χ3v) is 3.05. The number of hydrazine groups is 1. The Balaban J connectivity index is 2.37. The summed E-state index contributed by atoms with van der Waals surface area (Å²) in [5.41, 5.74) is 4.28. The van der Waals surface area contributed by atoms with Crippen LogP contribution in [0.15, 0.2) is 48.5 Å². The number of benzene rings is 2. The number of anilines is 2. The van der Waals surface area contributed by atoms with E-state index < -0.39 is 0 Å². The number of halogens is 1. The van der Waals surface area contributed by atoms with E-state index in [0.717, 1.165) is 5.69 Å². The third-order valence-electron chi connectivity index (χ3n) is 2.82. The van der Waals surface area contributed by atoms with Crippen molar-refractivity contribution >= 4 is 28.9 Å². The molecule has 0 fully saturated rings. The van der Waals surface area contributed by atoms with Crippen LogP contribution < -0.4 is 16.2 Å². The van der Waals surface area contributed by atoms with Gasteiger partial charge in [-0.05, 0) is 30.3 Å². The Kier molecular flexibility index (Phi) is 4.04. The molecule has 98 valence electrons. The minimum absolute atomic E-state index is 0.179. The second-order valence-corrected chi connectivity index (χ2v) is 4.47. The summed E-state index contributed by atoms with van der Waals surface area (Å²) in [6.07, 6.45) is 0. The van der Waals surface area contributed by atoms with Crippen molar-refractivity contribution in [3.05, 3.63) is 59.1 Å². The van der Waals surface area contributed by atoms with Crippen LogP contribution in [0, 0.1) is 0 Å². The summed E-state index contributed by atoms with van der Waals surface area (Å²) in [6, 6.07) is 14.3. The van der Waals surface area contributed by atoms with Gasteiger partial charge in [0.15, 0.2) is 0 Å². The van der Waals surface area contributed by atoms with Crippen molar-refractivity contribution < 1.29 is 4.79 Å². The van der Waals surface area contributed by atoms with E-state index >= 15 is 0 Å². The number of carbonyl (C=O) groups is 1. The molecule has 1 amide bonds. The van der Waals surface area contributed by atoms with Crippen LogP contribution in [0.25, 0.3) is 0 Å². The van der Waals surface area contributed by atoms with Gasteiger partial charge in [0.2, 0.25) is 0 Å². The standard InChI is InChI=1S/C14H14ClN3O/c1-18(11-5-3-2-4-6-11)14(19)12-9-10(15)7-8-13(12)17-16/h2-9,17H,16H2,1H3. The van der Waals surface area contributed by atoms with Gasteiger partial charge in [-0.1, -0.05) is 29.8 Å². The summed E-state index contributed by atoms with van der Waals surface area (Å²) in [5, 5.41) is 0.490. The van der Waals surface area contributed by atoms with E-state index in [4.69, 9.17) is 17.4 Å². The lowest BCUT2D eigenvalue weighted by Gasteiger charge is -2.19. The zero-order valence-corrected chi connectivity index (χ0v) is 11.2. The van der Waals surface area contributed by atoms with E-state index in [-0.39, 0.29) is 5.91 Å². The van der Waals surface area contributed by atoms with Crippen molar-refractivity contribution in [2.75, 3.05) is 17.4 Å². The number of amides is 1. The molecule has 3 N–H and O–H groups in total. The molecular formula is C14H14ClN3O. The molecule has 19 heavy (non-hydrogen) atoms. The van der Waals surface area contributed by atoms with Crippen LogP contribution in [0.1, 0.15) is 10.4 Å². The second kappa shape index (κ2) is 5.73. The van der Waals surface area contributed by atoms with Crippen LogP contribution >= 0.6 is 11.6 Å². The van der Waals surface area contributed by atoms with Crippen LogP contribution in [-0.4, -0.2) is 13.0 Å². The Hall–Kier alpha value is -2.04. The number of hydrogen-bond acceptors (Lipinski definition) is 3. The van der Waals surface area contributed by atoms with E-state index in [1.165, 1.54) is 0 Å². The van der Waals surface area contributed by atoms with Gasteiger partial charge in [0, 0.05) is 17.8 Å². The summed E-state index contributed by atoms with van der Waals surface area (Å²) in [6.45, 7) is 0. The first-order valence-corrected chi connectivity index (χ1v) is 6.10. The zero-order valence-electron chi connectivity index (χ0n) is 10.4. The predicted molar refractivity (Wildman–Crippen MR) is 78.4 cm³/mol. The maximum Gasteiger partial charge on any atom is 0.260 e. The highest BCUT2D eigenvalue weighted by Gasteiger charge is 2.17. The molecule has 0 radical (unpaired) electrons. The summed E-state index contributed by atoms with van der Waals surface area (Å²) in [4.78, 5) is 14.0. The van der Waals surface area contributed by atoms with Gasteiger partial charge in [0.1, 0.15) is 0 Å². The van der Waals surface area contributed by atoms with Crippen molar-refractivity contribution in [2.45, 2.75) is 0 Å². The van der Waals surface area contributed by atoms with E-state index in [2.05, 4.69) is 5.43 Å². The van der Waals surface area contributed by atoms with Gasteiger partial charge >= 0.3 is 0 Å². The number of nitrogens with one attached hydrogen (secondary N) is 1. The van der Waals surface area contributed by atoms with Gasteiger partial charge < -0.3 is 10.3 Å². The zero-order chi connectivity index (χ0) is 13.8. The SMILES string of the molecule is CN(C(=O)c1cc(Cl)ccc1NN)c1ccccc1. The fourth-order valence-electron chi connectivity index (χ4n) is 1.77. The van der Waals surface area contributed by atoms with Crippen molar-refractivity contribution in [3.63, 3.8) is 0 Å². The number of nitrogens with zero attached hydrogens (tertiary/aromatic N) is 1. The molecule has 5 heteroatoms. The molecular weight excluding hydrogens is 262 g/mol. The van der Waals surface area contributed by atoms with Crippen LogP contribution in [0.2, 0.25) is 5.02 Å². The monoisotopic (exact) mass is 275 g/mol. The first kappa shape index (κ1) is 13.4. The molecule has 0 aliphatic carbocycles. The van der Waals surface area contributed by atoms with Crippen molar-refractivity contribution in [2.24, 2.45) is 5.84 Å². The number of carbonyl (C=O) groups excluding carboxylic acids is 1. The van der Waals surface area contributed by atoms with Crippen LogP contribution in [0.4, 0.5) is 11.4 Å². The number of nitrogen functional groups attached to an aromatic ring is 1. The molecule has 4 nitrogen and oxygen atoms in total. The average Bonchev–Trinajstić information content (AvgIpc) is 2.46. The molecule has 2 aromatic carbocycles. The smallest absolute Gasteiger partial charge is 0.260 e. The van der Waals surface area contributed by atoms with Gasteiger partial charge in [-0.2, -0.15) is 0 Å². The molecule has 0 aliphatic rings. The van der Waals surface area contributed by atoms with Gasteiger partial charge in [-0.3, -0.25) is 10.6 Å². The fraction of sp³-hybridized carbons (Fsp3) is 0.0714. The summed E-state index contributed by atoms with van der Waals surface area (Å²) in [5.74, 6) is 5.23. The third kappa shape index (κ3) is 2.86. The van der Waals surface area contributed by atoms with Crippen molar-refractivity contribution in [3.8, 4) is 0 Å². The Morgan fingerprint density at radius 2 is 1.89 bits per heavy atom. The van der Waals surface area contributed by atoms with E-state index in [1.54, 1.807) is 30.1 Å². The highest BCUT2D eigenvalue weighted by Crippen LogP contribution is 2.23. The summed E-state index contributed by atoms with van der Waals surface area (Å²) in [7, 11) is 1.71. The number of nitrogens with two attached hydrogens (primary N) is 1. The van der Waals surface area contributed by atoms with Crippen LogP contribution in [-0.2, 0) is 0 Å². The fourth-order valence-corrected chi connectivity index (χ4v) is 1.94. The highest BCUT2D eigenvalue weighted by molar-refractivity contribution is 6.31. The molecule has 0 saturated heterocycles. The Labute approximate surface area is 116 Å². The Morgan fingerprint density at radius 3 is 2.53 bits per heavy atom. The highest BCUT2D eigenvalue weighted by atomic mass is 35.5. The molecule has 0 atom stereocenters. The minimum Gasteiger partial charge on any atom is -0.323 e. The number of hydrogen-bond donors (Lipinski definition) is 2. The topological polar surface area (TPSA) is 58.4 Å². The molecule has 0 aromatic heterocycles.